The Kier molecular flexibility index (Phi) is 4.13. The highest BCUT2D eigenvalue weighted by atomic mass is 28.3. The highest BCUT2D eigenvalue weighted by molar-refractivity contribution is 6.84. The van der Waals surface area contributed by atoms with Crippen LogP contribution in [0.25, 0.3) is 0 Å². The van der Waals surface area contributed by atoms with Crippen LogP contribution in [0.2, 0.25) is 39.3 Å². The third-order valence-corrected chi connectivity index (χ3v) is 7.28. The van der Waals surface area contributed by atoms with Gasteiger partial charge in [-0.1, -0.05) is 71.9 Å². The number of rotatable bonds is 0. The second-order valence-corrected chi connectivity index (χ2v) is 19.4. The smallest absolute Gasteiger partial charge is 0.127 e. The molecule has 0 saturated heterocycles. The van der Waals surface area contributed by atoms with E-state index in [1.807, 2.05) is 0 Å². The molecule has 2 aliphatic carbocycles. The average Bonchev–Trinajstić information content (AvgIpc) is 2.62. The molecule has 2 bridgehead atoms. The first kappa shape index (κ1) is 17.6. The van der Waals surface area contributed by atoms with E-state index in [0.717, 1.165) is 0 Å². The summed E-state index contributed by atoms with van der Waals surface area (Å²) in [4.78, 5) is 0. The molecule has 1 saturated carbocycles. The van der Waals surface area contributed by atoms with Crippen LogP contribution in [0.4, 0.5) is 0 Å². The lowest BCUT2D eigenvalue weighted by molar-refractivity contribution is 0.174. The van der Waals surface area contributed by atoms with Gasteiger partial charge in [0.1, 0.15) is 16.1 Å². The number of fused-ring (bicyclic) bond motifs is 2. The SMILES string of the molecule is CC1(C)[C@@H]2CC[C@@]1(C)C(C#C[Si](C)(C)C)=C2C#C[Si](C)(C)C. The average molecular weight is 329 g/mol. The van der Waals surface area contributed by atoms with Crippen LogP contribution in [-0.4, -0.2) is 16.1 Å². The van der Waals surface area contributed by atoms with Gasteiger partial charge in [0.25, 0.3) is 0 Å². The molecular formula is C20H32Si2. The summed E-state index contributed by atoms with van der Waals surface area (Å²) < 4.78 is 0. The van der Waals surface area contributed by atoms with E-state index in [1.54, 1.807) is 0 Å². The first-order chi connectivity index (χ1) is 9.78. The zero-order chi connectivity index (χ0) is 17.0. The highest BCUT2D eigenvalue weighted by Crippen LogP contribution is 2.67. The molecule has 2 aliphatic rings. The van der Waals surface area contributed by atoms with Gasteiger partial charge in [-0.05, 0) is 24.2 Å². The highest BCUT2D eigenvalue weighted by Gasteiger charge is 2.60. The molecule has 2 heteroatoms. The summed E-state index contributed by atoms with van der Waals surface area (Å²) in [6.07, 6.45) is 2.57. The molecule has 0 N–H and O–H groups in total. The molecule has 0 spiro atoms. The van der Waals surface area contributed by atoms with Crippen LogP contribution in [0.15, 0.2) is 11.1 Å². The van der Waals surface area contributed by atoms with Crippen molar-refractivity contribution in [2.45, 2.75) is 72.9 Å². The van der Waals surface area contributed by atoms with E-state index in [-0.39, 0.29) is 5.41 Å². The molecule has 0 aromatic heterocycles. The van der Waals surface area contributed by atoms with Crippen molar-refractivity contribution in [3.8, 4) is 22.9 Å². The van der Waals surface area contributed by atoms with E-state index < -0.39 is 16.1 Å². The van der Waals surface area contributed by atoms with Gasteiger partial charge in [0.2, 0.25) is 0 Å². The number of hydrogen-bond acceptors (Lipinski definition) is 0. The molecule has 2 rings (SSSR count). The van der Waals surface area contributed by atoms with Crippen LogP contribution in [-0.2, 0) is 0 Å². The van der Waals surface area contributed by atoms with Crippen LogP contribution < -0.4 is 0 Å². The monoisotopic (exact) mass is 328 g/mol. The Morgan fingerprint density at radius 1 is 0.864 bits per heavy atom. The summed E-state index contributed by atoms with van der Waals surface area (Å²) in [7, 11) is -2.70. The second kappa shape index (κ2) is 5.15. The fourth-order valence-electron chi connectivity index (χ4n) is 3.78. The summed E-state index contributed by atoms with van der Waals surface area (Å²) >= 11 is 0. The first-order valence-corrected chi connectivity index (χ1v) is 15.6. The van der Waals surface area contributed by atoms with Crippen molar-refractivity contribution in [2.75, 3.05) is 0 Å². The van der Waals surface area contributed by atoms with Crippen LogP contribution in [0.1, 0.15) is 33.6 Å². The quantitative estimate of drug-likeness (QED) is 0.407. The van der Waals surface area contributed by atoms with Crippen LogP contribution in [0, 0.1) is 39.7 Å². The van der Waals surface area contributed by atoms with E-state index >= 15 is 0 Å². The van der Waals surface area contributed by atoms with E-state index in [2.05, 4.69) is 83.0 Å². The summed E-state index contributed by atoms with van der Waals surface area (Å²) in [6.45, 7) is 21.3. The van der Waals surface area contributed by atoms with Gasteiger partial charge in [0, 0.05) is 16.6 Å². The third-order valence-electron chi connectivity index (χ3n) is 5.53. The van der Waals surface area contributed by atoms with E-state index in [0.29, 0.717) is 11.3 Å². The predicted octanol–water partition coefficient (Wildman–Crippen LogP) is 5.50. The molecule has 0 aromatic rings. The third kappa shape index (κ3) is 3.01. The van der Waals surface area contributed by atoms with Gasteiger partial charge in [-0.3, -0.25) is 0 Å². The molecule has 0 aliphatic heterocycles. The Hall–Kier alpha value is -0.706. The predicted molar refractivity (Wildman–Crippen MR) is 104 cm³/mol. The maximum Gasteiger partial charge on any atom is 0.129 e. The summed E-state index contributed by atoms with van der Waals surface area (Å²) in [5.74, 6) is 7.88. The van der Waals surface area contributed by atoms with Crippen LogP contribution in [0.5, 0.6) is 0 Å². The zero-order valence-corrected chi connectivity index (χ0v) is 18.0. The minimum Gasteiger partial charge on any atom is -0.127 e. The summed E-state index contributed by atoms with van der Waals surface area (Å²) in [6, 6.07) is 0. The fraction of sp³-hybridized carbons (Fsp3) is 0.700. The Labute approximate surface area is 140 Å². The molecule has 1 fully saturated rings. The van der Waals surface area contributed by atoms with Crippen molar-refractivity contribution >= 4 is 16.1 Å². The van der Waals surface area contributed by atoms with Crippen molar-refractivity contribution in [3.05, 3.63) is 11.1 Å². The van der Waals surface area contributed by atoms with Gasteiger partial charge in [-0.2, -0.15) is 0 Å². The van der Waals surface area contributed by atoms with Gasteiger partial charge < -0.3 is 0 Å². The molecule has 0 radical (unpaired) electrons. The van der Waals surface area contributed by atoms with Crippen molar-refractivity contribution < 1.29 is 0 Å². The number of hydrogen-bond donors (Lipinski definition) is 0. The Balaban J connectivity index is 2.59. The largest absolute Gasteiger partial charge is 0.129 e. The van der Waals surface area contributed by atoms with Crippen molar-refractivity contribution in [1.29, 1.82) is 0 Å². The lowest BCUT2D eigenvalue weighted by atomic mass is 9.68. The molecule has 0 nitrogen and oxygen atoms in total. The molecule has 0 amide bonds. The number of allylic oxidation sites excluding steroid dienone is 2. The topological polar surface area (TPSA) is 0 Å². The standard InChI is InChI=1S/C20H32Si2/c1-19(2)17-10-13-20(19,3)18(12-15-22(7,8)9)16(17)11-14-21(4,5)6/h17H,10,13H2,1-9H3/t17-,20+/m1/s1. The molecule has 120 valence electrons. The van der Waals surface area contributed by atoms with Gasteiger partial charge in [0.05, 0.1) is 0 Å². The van der Waals surface area contributed by atoms with E-state index in [4.69, 9.17) is 0 Å². The lowest BCUT2D eigenvalue weighted by Gasteiger charge is -2.35. The summed E-state index contributed by atoms with van der Waals surface area (Å²) in [5, 5.41) is 0. The minimum atomic E-state index is -1.36. The fourth-order valence-corrected chi connectivity index (χ4v) is 4.79. The molecule has 22 heavy (non-hydrogen) atoms. The van der Waals surface area contributed by atoms with Gasteiger partial charge in [-0.15, -0.1) is 11.1 Å². The van der Waals surface area contributed by atoms with Crippen molar-refractivity contribution in [2.24, 2.45) is 16.7 Å². The maximum absolute atomic E-state index is 3.64. The second-order valence-electron chi connectivity index (χ2n) is 9.93. The zero-order valence-electron chi connectivity index (χ0n) is 16.0. The molecule has 0 aromatic carbocycles. The van der Waals surface area contributed by atoms with Crippen molar-refractivity contribution in [1.82, 2.24) is 0 Å². The van der Waals surface area contributed by atoms with Gasteiger partial charge in [0.15, 0.2) is 0 Å². The Morgan fingerprint density at radius 3 is 1.86 bits per heavy atom. The summed E-state index contributed by atoms with van der Waals surface area (Å²) in [5.41, 5.74) is 10.5. The molecule has 0 unspecified atom stereocenters. The Morgan fingerprint density at radius 2 is 1.36 bits per heavy atom. The van der Waals surface area contributed by atoms with Crippen LogP contribution >= 0.6 is 0 Å². The van der Waals surface area contributed by atoms with Crippen molar-refractivity contribution in [3.63, 3.8) is 0 Å². The van der Waals surface area contributed by atoms with Gasteiger partial charge in [-0.25, -0.2) is 0 Å². The minimum absolute atomic E-state index is 0.230. The molecule has 0 heterocycles. The van der Waals surface area contributed by atoms with Gasteiger partial charge >= 0.3 is 0 Å². The maximum atomic E-state index is 3.64. The van der Waals surface area contributed by atoms with E-state index in [9.17, 15) is 0 Å². The normalized spacial score (nSPS) is 29.8. The van der Waals surface area contributed by atoms with Crippen LogP contribution in [0.3, 0.4) is 0 Å². The first-order valence-electron chi connectivity index (χ1n) is 8.59. The van der Waals surface area contributed by atoms with E-state index in [1.165, 1.54) is 24.0 Å². The Bertz CT molecular complexity index is 630. The molecular weight excluding hydrogens is 296 g/mol. The molecule has 2 atom stereocenters. The lowest BCUT2D eigenvalue weighted by Crippen LogP contribution is -2.30.